The van der Waals surface area contributed by atoms with E-state index >= 15 is 0 Å². The Hall–Kier alpha value is -0.830. The molecule has 0 amide bonds. The molecule has 0 aliphatic carbocycles. The van der Waals surface area contributed by atoms with E-state index < -0.39 is 0 Å². The summed E-state index contributed by atoms with van der Waals surface area (Å²) in [4.78, 5) is 6.37. The van der Waals surface area contributed by atoms with Crippen molar-refractivity contribution >= 4 is 0 Å². The lowest BCUT2D eigenvalue weighted by molar-refractivity contribution is 0.170. The van der Waals surface area contributed by atoms with Crippen LogP contribution in [0.2, 0.25) is 0 Å². The Morgan fingerprint density at radius 1 is 1.60 bits per heavy atom. The average Bonchev–Trinajstić information content (AvgIpc) is 2.29. The summed E-state index contributed by atoms with van der Waals surface area (Å²) in [6.07, 6.45) is 4.52. The van der Waals surface area contributed by atoms with Crippen LogP contribution in [0.3, 0.4) is 0 Å². The Kier molecular flexibility index (Phi) is 1.43. The van der Waals surface area contributed by atoms with Crippen LogP contribution in [0.5, 0.6) is 0 Å². The molecule has 0 spiro atoms. The van der Waals surface area contributed by atoms with Crippen molar-refractivity contribution in [1.29, 1.82) is 0 Å². The first-order chi connectivity index (χ1) is 4.95. The van der Waals surface area contributed by atoms with Crippen LogP contribution < -0.4 is 0 Å². The summed E-state index contributed by atoms with van der Waals surface area (Å²) >= 11 is 0. The topological polar surface area (TPSA) is 29.3 Å². The van der Waals surface area contributed by atoms with Gasteiger partial charge in [-0.2, -0.15) is 0 Å². The van der Waals surface area contributed by atoms with Gasteiger partial charge < -0.3 is 4.42 Å². The van der Waals surface area contributed by atoms with Crippen molar-refractivity contribution in [3.63, 3.8) is 0 Å². The summed E-state index contributed by atoms with van der Waals surface area (Å²) in [5.74, 6) is 0. The van der Waals surface area contributed by atoms with Crippen molar-refractivity contribution in [2.45, 2.75) is 13.0 Å². The molecule has 2 heterocycles. The van der Waals surface area contributed by atoms with E-state index in [-0.39, 0.29) is 0 Å². The highest BCUT2D eigenvalue weighted by atomic mass is 16.3. The Labute approximate surface area is 59.7 Å². The molecule has 3 nitrogen and oxygen atoms in total. The van der Waals surface area contributed by atoms with Crippen LogP contribution in [-0.4, -0.2) is 23.0 Å². The number of rotatable bonds is 2. The van der Waals surface area contributed by atoms with E-state index in [1.54, 1.807) is 6.26 Å². The zero-order valence-electron chi connectivity index (χ0n) is 5.79. The minimum atomic E-state index is 0.955. The molecule has 0 bridgehead atoms. The van der Waals surface area contributed by atoms with Crippen molar-refractivity contribution in [2.75, 3.05) is 13.1 Å². The average molecular weight is 138 g/mol. The van der Waals surface area contributed by atoms with Crippen molar-refractivity contribution < 1.29 is 4.42 Å². The molecule has 1 fully saturated rings. The highest BCUT2D eigenvalue weighted by Crippen LogP contribution is 2.09. The quantitative estimate of drug-likeness (QED) is 0.607. The van der Waals surface area contributed by atoms with Gasteiger partial charge in [0.25, 0.3) is 0 Å². The first-order valence-electron chi connectivity index (χ1n) is 3.54. The van der Waals surface area contributed by atoms with Gasteiger partial charge in [-0.1, -0.05) is 0 Å². The van der Waals surface area contributed by atoms with Crippen molar-refractivity contribution in [3.05, 3.63) is 18.4 Å². The van der Waals surface area contributed by atoms with Crippen LogP contribution in [0.15, 0.2) is 17.1 Å². The highest BCUT2D eigenvalue weighted by Gasteiger charge is 2.14. The molecule has 2 rings (SSSR count). The van der Waals surface area contributed by atoms with Crippen LogP contribution >= 0.6 is 0 Å². The smallest absolute Gasteiger partial charge is 0.180 e. The number of nitrogens with zero attached hydrogens (tertiary/aromatic N) is 2. The minimum absolute atomic E-state index is 0.955. The fourth-order valence-electron chi connectivity index (χ4n) is 1.08. The van der Waals surface area contributed by atoms with Gasteiger partial charge in [-0.15, -0.1) is 0 Å². The second-order valence-electron chi connectivity index (χ2n) is 2.61. The van der Waals surface area contributed by atoms with Gasteiger partial charge in [-0.05, 0) is 19.5 Å². The van der Waals surface area contributed by atoms with Gasteiger partial charge in [0.05, 0.1) is 5.69 Å². The van der Waals surface area contributed by atoms with Crippen LogP contribution in [0.4, 0.5) is 0 Å². The molecule has 54 valence electrons. The third kappa shape index (κ3) is 1.04. The molecule has 1 saturated heterocycles. The number of hydrogen-bond donors (Lipinski definition) is 0. The first-order valence-corrected chi connectivity index (χ1v) is 3.54. The third-order valence-corrected chi connectivity index (χ3v) is 1.82. The van der Waals surface area contributed by atoms with Crippen molar-refractivity contribution in [1.82, 2.24) is 9.88 Å². The van der Waals surface area contributed by atoms with Crippen LogP contribution in [-0.2, 0) is 6.54 Å². The van der Waals surface area contributed by atoms with E-state index in [1.165, 1.54) is 25.9 Å². The largest absolute Gasteiger partial charge is 0.451 e. The van der Waals surface area contributed by atoms with Crippen LogP contribution in [0.25, 0.3) is 0 Å². The number of oxazole rings is 1. The number of aromatic nitrogens is 1. The van der Waals surface area contributed by atoms with Gasteiger partial charge in [0, 0.05) is 6.54 Å². The van der Waals surface area contributed by atoms with E-state index in [2.05, 4.69) is 9.88 Å². The fraction of sp³-hybridized carbons (Fsp3) is 0.571. The number of hydrogen-bond acceptors (Lipinski definition) is 3. The van der Waals surface area contributed by atoms with Gasteiger partial charge in [0.2, 0.25) is 0 Å². The van der Waals surface area contributed by atoms with Gasteiger partial charge in [-0.3, -0.25) is 4.90 Å². The Morgan fingerprint density at radius 2 is 2.50 bits per heavy atom. The van der Waals surface area contributed by atoms with Crippen LogP contribution in [0.1, 0.15) is 12.1 Å². The third-order valence-electron chi connectivity index (χ3n) is 1.82. The zero-order valence-corrected chi connectivity index (χ0v) is 5.79. The van der Waals surface area contributed by atoms with Crippen molar-refractivity contribution in [2.24, 2.45) is 0 Å². The molecule has 1 aliphatic heterocycles. The predicted octanol–water partition coefficient (Wildman–Crippen LogP) is 0.880. The molecule has 0 aromatic carbocycles. The lowest BCUT2D eigenvalue weighted by Gasteiger charge is -2.29. The van der Waals surface area contributed by atoms with E-state index in [1.807, 2.05) is 0 Å². The summed E-state index contributed by atoms with van der Waals surface area (Å²) in [6.45, 7) is 3.39. The Morgan fingerprint density at radius 3 is 3.00 bits per heavy atom. The summed E-state index contributed by atoms with van der Waals surface area (Å²) in [6, 6.07) is 0. The second-order valence-corrected chi connectivity index (χ2v) is 2.61. The molecule has 0 saturated carbocycles. The van der Waals surface area contributed by atoms with E-state index in [0.29, 0.717) is 0 Å². The monoisotopic (exact) mass is 138 g/mol. The molecule has 0 unspecified atom stereocenters. The molecular formula is C7H10N2O. The van der Waals surface area contributed by atoms with E-state index in [4.69, 9.17) is 4.42 Å². The van der Waals surface area contributed by atoms with Gasteiger partial charge >= 0.3 is 0 Å². The molecule has 0 radical (unpaired) electrons. The van der Waals surface area contributed by atoms with Crippen molar-refractivity contribution in [3.8, 4) is 0 Å². The van der Waals surface area contributed by atoms with Gasteiger partial charge in [-0.25, -0.2) is 4.98 Å². The van der Waals surface area contributed by atoms with Crippen LogP contribution in [0, 0.1) is 0 Å². The summed E-state index contributed by atoms with van der Waals surface area (Å²) in [7, 11) is 0. The fourth-order valence-corrected chi connectivity index (χ4v) is 1.08. The van der Waals surface area contributed by atoms with E-state index in [0.717, 1.165) is 12.2 Å². The molecule has 3 heteroatoms. The molecular weight excluding hydrogens is 128 g/mol. The standard InChI is InChI=1S/C7H10N2O/c1-2-9(3-1)4-7-5-10-6-8-7/h5-6H,1-4H2. The minimum Gasteiger partial charge on any atom is -0.451 e. The van der Waals surface area contributed by atoms with E-state index in [9.17, 15) is 0 Å². The maximum atomic E-state index is 4.85. The number of likely N-dealkylation sites (tertiary alicyclic amines) is 1. The second kappa shape index (κ2) is 2.42. The lowest BCUT2D eigenvalue weighted by atomic mass is 10.2. The maximum Gasteiger partial charge on any atom is 0.180 e. The summed E-state index contributed by atoms with van der Waals surface area (Å²) < 4.78 is 4.85. The molecule has 10 heavy (non-hydrogen) atoms. The first kappa shape index (κ1) is 5.92. The lowest BCUT2D eigenvalue weighted by Crippen LogP contribution is -2.36. The molecule has 0 N–H and O–H groups in total. The SMILES string of the molecule is c1nc(CN2CCC2)co1. The summed E-state index contributed by atoms with van der Waals surface area (Å²) in [5, 5.41) is 0. The van der Waals surface area contributed by atoms with Gasteiger partial charge in [0.1, 0.15) is 6.26 Å². The molecule has 1 aliphatic rings. The zero-order chi connectivity index (χ0) is 6.81. The van der Waals surface area contributed by atoms with Gasteiger partial charge in [0.15, 0.2) is 6.39 Å². The summed E-state index contributed by atoms with van der Waals surface area (Å²) in [5.41, 5.74) is 1.04. The Balaban J connectivity index is 1.90. The molecule has 0 atom stereocenters. The molecule has 1 aromatic heterocycles. The Bertz CT molecular complexity index is 191. The molecule has 1 aromatic rings. The normalized spacial score (nSPS) is 18.8. The maximum absolute atomic E-state index is 4.85. The highest BCUT2D eigenvalue weighted by molar-refractivity contribution is 4.91. The predicted molar refractivity (Wildman–Crippen MR) is 36.4 cm³/mol.